The van der Waals surface area contributed by atoms with E-state index in [4.69, 9.17) is 0 Å². The van der Waals surface area contributed by atoms with Crippen LogP contribution in [0.4, 0.5) is 0 Å². The molecule has 2 N–H and O–H groups in total. The van der Waals surface area contributed by atoms with Crippen molar-refractivity contribution in [3.63, 3.8) is 0 Å². The van der Waals surface area contributed by atoms with E-state index >= 15 is 0 Å². The molecule has 0 aliphatic rings. The minimum Gasteiger partial charge on any atom is -0.354 e. The van der Waals surface area contributed by atoms with Gasteiger partial charge in [0.2, 0.25) is 5.91 Å². The highest BCUT2D eigenvalue weighted by atomic mass is 35.5. The number of carbonyl (C=O) groups is 1. The van der Waals surface area contributed by atoms with Gasteiger partial charge in [0.25, 0.3) is 0 Å². The van der Waals surface area contributed by atoms with Crippen molar-refractivity contribution >= 4 is 42.1 Å². The number of pyridine rings is 1. The highest BCUT2D eigenvalue weighted by Crippen LogP contribution is 2.21. The predicted octanol–water partition coefficient (Wildman–Crippen LogP) is 2.32. The van der Waals surface area contributed by atoms with Crippen molar-refractivity contribution in [2.24, 2.45) is 0 Å². The summed E-state index contributed by atoms with van der Waals surface area (Å²) in [5, 5.41) is 8.78. The SMILES string of the molecule is CCNCCNC(=O)Cc1csc(-c2ccccn2)n1.Cl.Cl. The standard InChI is InChI=1S/C14H18N4OS.2ClH/c1-2-15-7-8-17-13(19)9-11-10-20-14(18-11)12-5-3-4-6-16-12;;/h3-6,10,15H,2,7-9H2,1H3,(H,17,19);2*1H. The molecule has 2 aromatic rings. The van der Waals surface area contributed by atoms with Gasteiger partial charge in [-0.05, 0) is 18.7 Å². The Balaban J connectivity index is 0.00000220. The van der Waals surface area contributed by atoms with Crippen LogP contribution in [-0.2, 0) is 11.2 Å². The molecule has 0 fully saturated rings. The second kappa shape index (κ2) is 11.4. The molecule has 0 aliphatic carbocycles. The normalized spacial score (nSPS) is 9.50. The van der Waals surface area contributed by atoms with Crippen molar-refractivity contribution in [2.75, 3.05) is 19.6 Å². The number of thiazole rings is 1. The van der Waals surface area contributed by atoms with Gasteiger partial charge >= 0.3 is 0 Å². The average molecular weight is 363 g/mol. The molecule has 0 atom stereocenters. The Morgan fingerprint density at radius 3 is 2.77 bits per heavy atom. The molecule has 8 heteroatoms. The number of halogens is 2. The zero-order chi connectivity index (χ0) is 14.2. The van der Waals surface area contributed by atoms with Crippen molar-refractivity contribution in [1.29, 1.82) is 0 Å². The third kappa shape index (κ3) is 6.70. The monoisotopic (exact) mass is 362 g/mol. The number of nitrogens with zero attached hydrogens (tertiary/aromatic N) is 2. The molecule has 22 heavy (non-hydrogen) atoms. The van der Waals surface area contributed by atoms with E-state index in [1.54, 1.807) is 6.20 Å². The van der Waals surface area contributed by atoms with E-state index in [1.165, 1.54) is 11.3 Å². The zero-order valence-corrected chi connectivity index (χ0v) is 14.7. The Hall–Kier alpha value is -1.21. The summed E-state index contributed by atoms with van der Waals surface area (Å²) in [5.74, 6) is 0.000717. The van der Waals surface area contributed by atoms with Gasteiger partial charge < -0.3 is 10.6 Å². The summed E-state index contributed by atoms with van der Waals surface area (Å²) in [4.78, 5) is 20.4. The molecule has 0 bridgehead atoms. The molecule has 0 saturated heterocycles. The predicted molar refractivity (Wildman–Crippen MR) is 95.1 cm³/mol. The summed E-state index contributed by atoms with van der Waals surface area (Å²) in [5.41, 5.74) is 1.63. The van der Waals surface area contributed by atoms with Crippen LogP contribution in [0, 0.1) is 0 Å². The first kappa shape index (κ1) is 20.8. The Labute approximate surface area is 146 Å². The van der Waals surface area contributed by atoms with E-state index < -0.39 is 0 Å². The highest BCUT2D eigenvalue weighted by Gasteiger charge is 2.09. The molecule has 1 amide bonds. The average Bonchev–Trinajstić information content (AvgIpc) is 2.93. The first-order chi connectivity index (χ1) is 9.79. The summed E-state index contributed by atoms with van der Waals surface area (Å²) >= 11 is 1.51. The summed E-state index contributed by atoms with van der Waals surface area (Å²) in [7, 11) is 0. The first-order valence-corrected chi connectivity index (χ1v) is 7.50. The van der Waals surface area contributed by atoms with Crippen LogP contribution in [0.3, 0.4) is 0 Å². The Morgan fingerprint density at radius 1 is 1.27 bits per heavy atom. The van der Waals surface area contributed by atoms with Crippen LogP contribution in [0.15, 0.2) is 29.8 Å². The quantitative estimate of drug-likeness (QED) is 0.741. The lowest BCUT2D eigenvalue weighted by Crippen LogP contribution is -2.32. The fourth-order valence-electron chi connectivity index (χ4n) is 1.69. The van der Waals surface area contributed by atoms with E-state index in [1.807, 2.05) is 30.5 Å². The van der Waals surface area contributed by atoms with E-state index in [2.05, 4.69) is 20.6 Å². The van der Waals surface area contributed by atoms with Crippen molar-refractivity contribution in [3.8, 4) is 10.7 Å². The van der Waals surface area contributed by atoms with Crippen LogP contribution in [0.25, 0.3) is 10.7 Å². The highest BCUT2D eigenvalue weighted by molar-refractivity contribution is 7.13. The van der Waals surface area contributed by atoms with Gasteiger partial charge in [-0.15, -0.1) is 36.2 Å². The van der Waals surface area contributed by atoms with E-state index in [9.17, 15) is 4.79 Å². The molecular formula is C14H20Cl2N4OS. The molecule has 2 aromatic heterocycles. The Kier molecular flexibility index (Phi) is 10.7. The number of nitrogens with one attached hydrogen (secondary N) is 2. The van der Waals surface area contributed by atoms with Crippen molar-refractivity contribution < 1.29 is 4.79 Å². The Morgan fingerprint density at radius 2 is 2.09 bits per heavy atom. The minimum absolute atomic E-state index is 0. The second-order valence-electron chi connectivity index (χ2n) is 4.24. The molecule has 122 valence electrons. The maximum atomic E-state index is 11.7. The van der Waals surface area contributed by atoms with Gasteiger partial charge in [0.05, 0.1) is 17.8 Å². The molecule has 0 radical (unpaired) electrons. The molecule has 2 heterocycles. The van der Waals surface area contributed by atoms with Crippen LogP contribution < -0.4 is 10.6 Å². The summed E-state index contributed by atoms with van der Waals surface area (Å²) in [6.07, 6.45) is 2.05. The van der Waals surface area contributed by atoms with Crippen LogP contribution >= 0.6 is 36.2 Å². The lowest BCUT2D eigenvalue weighted by molar-refractivity contribution is -0.120. The molecule has 2 rings (SSSR count). The lowest BCUT2D eigenvalue weighted by atomic mass is 10.3. The number of hydrogen-bond acceptors (Lipinski definition) is 5. The number of amides is 1. The molecule has 0 aromatic carbocycles. The zero-order valence-electron chi connectivity index (χ0n) is 12.2. The lowest BCUT2D eigenvalue weighted by Gasteiger charge is -2.04. The molecule has 0 unspecified atom stereocenters. The number of likely N-dealkylation sites (N-methyl/N-ethyl adjacent to an activating group) is 1. The summed E-state index contributed by atoms with van der Waals surface area (Å²) in [6.45, 7) is 4.38. The number of rotatable bonds is 7. The first-order valence-electron chi connectivity index (χ1n) is 6.63. The van der Waals surface area contributed by atoms with Gasteiger partial charge in [0.1, 0.15) is 5.01 Å². The molecule has 0 aliphatic heterocycles. The van der Waals surface area contributed by atoms with E-state index in [0.29, 0.717) is 13.0 Å². The van der Waals surface area contributed by atoms with Crippen LogP contribution in [-0.4, -0.2) is 35.5 Å². The topological polar surface area (TPSA) is 66.9 Å². The molecule has 0 spiro atoms. The van der Waals surface area contributed by atoms with E-state index in [-0.39, 0.29) is 30.7 Å². The number of carbonyl (C=O) groups excluding carboxylic acids is 1. The second-order valence-corrected chi connectivity index (χ2v) is 5.10. The van der Waals surface area contributed by atoms with Gasteiger partial charge in [-0.1, -0.05) is 13.0 Å². The maximum absolute atomic E-state index is 11.7. The number of hydrogen-bond donors (Lipinski definition) is 2. The summed E-state index contributed by atoms with van der Waals surface area (Å²) in [6, 6.07) is 5.71. The van der Waals surface area contributed by atoms with Gasteiger partial charge in [0.15, 0.2) is 0 Å². The maximum Gasteiger partial charge on any atom is 0.226 e. The number of aromatic nitrogens is 2. The van der Waals surface area contributed by atoms with Gasteiger partial charge in [-0.2, -0.15) is 0 Å². The third-order valence-electron chi connectivity index (χ3n) is 2.65. The minimum atomic E-state index is 0. The van der Waals surface area contributed by atoms with Gasteiger partial charge in [0, 0.05) is 24.7 Å². The Bertz CT molecular complexity index is 551. The fraction of sp³-hybridized carbons (Fsp3) is 0.357. The van der Waals surface area contributed by atoms with Gasteiger partial charge in [-0.3, -0.25) is 9.78 Å². The molecular weight excluding hydrogens is 343 g/mol. The van der Waals surface area contributed by atoms with E-state index in [0.717, 1.165) is 29.5 Å². The smallest absolute Gasteiger partial charge is 0.226 e. The van der Waals surface area contributed by atoms with Crippen molar-refractivity contribution in [1.82, 2.24) is 20.6 Å². The van der Waals surface area contributed by atoms with Crippen LogP contribution in [0.5, 0.6) is 0 Å². The third-order valence-corrected chi connectivity index (χ3v) is 3.56. The largest absolute Gasteiger partial charge is 0.354 e. The summed E-state index contributed by atoms with van der Waals surface area (Å²) < 4.78 is 0. The van der Waals surface area contributed by atoms with Crippen molar-refractivity contribution in [2.45, 2.75) is 13.3 Å². The molecule has 0 saturated carbocycles. The molecule has 5 nitrogen and oxygen atoms in total. The fourth-order valence-corrected chi connectivity index (χ4v) is 2.48. The van der Waals surface area contributed by atoms with Crippen molar-refractivity contribution in [3.05, 3.63) is 35.5 Å². The van der Waals surface area contributed by atoms with Crippen LogP contribution in [0.2, 0.25) is 0 Å². The van der Waals surface area contributed by atoms with Crippen LogP contribution in [0.1, 0.15) is 12.6 Å². The van der Waals surface area contributed by atoms with Gasteiger partial charge in [-0.25, -0.2) is 4.98 Å².